The van der Waals surface area contributed by atoms with Crippen molar-refractivity contribution in [2.75, 3.05) is 17.4 Å². The number of benzene rings is 4. The highest BCUT2D eigenvalue weighted by molar-refractivity contribution is 7.92. The van der Waals surface area contributed by atoms with Crippen molar-refractivity contribution in [3.05, 3.63) is 130 Å². The van der Waals surface area contributed by atoms with E-state index in [0.717, 1.165) is 33.8 Å². The van der Waals surface area contributed by atoms with Crippen molar-refractivity contribution in [1.29, 1.82) is 0 Å². The number of hydrogen-bond acceptors (Lipinski definition) is 4. The fourth-order valence-corrected chi connectivity index (χ4v) is 6.71. The van der Waals surface area contributed by atoms with Crippen LogP contribution in [0.4, 0.5) is 5.69 Å². The van der Waals surface area contributed by atoms with Crippen LogP contribution in [0, 0.1) is 13.8 Å². The first-order valence-corrected chi connectivity index (χ1v) is 16.9. The minimum Gasteiger partial charge on any atom is -0.354 e. The molecule has 1 N–H and O–H groups in total. The molecule has 0 heterocycles. The van der Waals surface area contributed by atoms with Crippen LogP contribution in [0.15, 0.2) is 108 Å². The second-order valence-electron chi connectivity index (χ2n) is 11.1. The summed E-state index contributed by atoms with van der Waals surface area (Å²) in [6.45, 7) is 5.80. The summed E-state index contributed by atoms with van der Waals surface area (Å²) in [5, 5.41) is 3.39. The zero-order valence-corrected chi connectivity index (χ0v) is 27.5. The highest BCUT2D eigenvalue weighted by Gasteiger charge is 2.35. The summed E-state index contributed by atoms with van der Waals surface area (Å²) in [7, 11) is -4.20. The van der Waals surface area contributed by atoms with Crippen LogP contribution in [0.1, 0.15) is 42.0 Å². The van der Waals surface area contributed by atoms with Crippen LogP contribution in [0.5, 0.6) is 0 Å². The largest absolute Gasteiger partial charge is 0.354 e. The zero-order chi connectivity index (χ0) is 32.4. The van der Waals surface area contributed by atoms with E-state index in [9.17, 15) is 18.0 Å². The molecule has 9 heteroatoms. The monoisotopic (exact) mass is 645 g/mol. The smallest absolute Gasteiger partial charge is 0.264 e. The Kier molecular flexibility index (Phi) is 11.8. The van der Waals surface area contributed by atoms with E-state index in [0.29, 0.717) is 22.8 Å². The lowest BCUT2D eigenvalue weighted by atomic mass is 10.0. The van der Waals surface area contributed by atoms with Crippen molar-refractivity contribution in [2.45, 2.75) is 57.5 Å². The van der Waals surface area contributed by atoms with Crippen molar-refractivity contribution in [3.63, 3.8) is 0 Å². The number of rotatable bonds is 14. The summed E-state index contributed by atoms with van der Waals surface area (Å²) < 4.78 is 29.4. The lowest BCUT2D eigenvalue weighted by Crippen LogP contribution is -2.53. The van der Waals surface area contributed by atoms with E-state index in [1.165, 1.54) is 17.0 Å². The van der Waals surface area contributed by atoms with Crippen molar-refractivity contribution in [3.8, 4) is 0 Å². The number of hydrogen-bond donors (Lipinski definition) is 1. The lowest BCUT2D eigenvalue weighted by molar-refractivity contribution is -0.140. The number of nitrogens with zero attached hydrogens (tertiary/aromatic N) is 2. The van der Waals surface area contributed by atoms with E-state index in [2.05, 4.69) is 5.32 Å². The molecule has 0 radical (unpaired) electrons. The molecular formula is C36H40ClN3O4S. The Balaban J connectivity index is 1.81. The Bertz CT molecular complexity index is 1680. The third-order valence-corrected chi connectivity index (χ3v) is 9.88. The summed E-state index contributed by atoms with van der Waals surface area (Å²) in [6.07, 6.45) is 1.96. The molecule has 4 aromatic carbocycles. The maximum atomic E-state index is 14.5. The van der Waals surface area contributed by atoms with Crippen LogP contribution < -0.4 is 9.62 Å². The van der Waals surface area contributed by atoms with Gasteiger partial charge >= 0.3 is 0 Å². The number of anilines is 1. The van der Waals surface area contributed by atoms with Gasteiger partial charge in [0.2, 0.25) is 11.8 Å². The van der Waals surface area contributed by atoms with Crippen LogP contribution in [0.3, 0.4) is 0 Å². The molecule has 0 saturated heterocycles. The highest BCUT2D eigenvalue weighted by atomic mass is 35.5. The number of unbranched alkanes of at least 4 members (excludes halogenated alkanes) is 1. The van der Waals surface area contributed by atoms with Crippen molar-refractivity contribution < 1.29 is 18.0 Å². The first kappa shape index (κ1) is 33.7. The average molecular weight is 646 g/mol. The van der Waals surface area contributed by atoms with Gasteiger partial charge in [-0.2, -0.15) is 0 Å². The van der Waals surface area contributed by atoms with Gasteiger partial charge in [0.15, 0.2) is 0 Å². The molecule has 0 aliphatic rings. The molecule has 236 valence electrons. The van der Waals surface area contributed by atoms with E-state index in [1.807, 2.05) is 68.4 Å². The summed E-state index contributed by atoms with van der Waals surface area (Å²) >= 11 is 6.45. The second-order valence-corrected chi connectivity index (χ2v) is 13.3. The minimum atomic E-state index is -4.20. The van der Waals surface area contributed by atoms with Gasteiger partial charge in [-0.1, -0.05) is 109 Å². The summed E-state index contributed by atoms with van der Waals surface area (Å²) in [4.78, 5) is 29.9. The van der Waals surface area contributed by atoms with E-state index in [-0.39, 0.29) is 23.8 Å². The number of carbonyl (C=O) groups excluding carboxylic acids is 2. The third kappa shape index (κ3) is 8.74. The molecule has 4 aromatic rings. The second kappa shape index (κ2) is 15.7. The van der Waals surface area contributed by atoms with Crippen molar-refractivity contribution in [1.82, 2.24) is 10.2 Å². The Morgan fingerprint density at radius 2 is 1.47 bits per heavy atom. The number of nitrogens with one attached hydrogen (secondary N) is 1. The first-order chi connectivity index (χ1) is 21.6. The lowest BCUT2D eigenvalue weighted by Gasteiger charge is -2.34. The molecule has 0 aliphatic heterocycles. The normalized spacial score (nSPS) is 11.9. The van der Waals surface area contributed by atoms with Gasteiger partial charge in [-0.05, 0) is 61.2 Å². The maximum Gasteiger partial charge on any atom is 0.264 e. The predicted molar refractivity (Wildman–Crippen MR) is 181 cm³/mol. The molecule has 7 nitrogen and oxygen atoms in total. The van der Waals surface area contributed by atoms with Gasteiger partial charge in [0.1, 0.15) is 12.6 Å². The maximum absolute atomic E-state index is 14.5. The number of amides is 2. The van der Waals surface area contributed by atoms with E-state index in [1.54, 1.807) is 43.3 Å². The van der Waals surface area contributed by atoms with E-state index < -0.39 is 28.5 Å². The molecule has 1 atom stereocenters. The van der Waals surface area contributed by atoms with E-state index in [4.69, 9.17) is 11.6 Å². The molecule has 4 rings (SSSR count). The Labute approximate surface area is 271 Å². The fraction of sp³-hybridized carbons (Fsp3) is 0.278. The average Bonchev–Trinajstić information content (AvgIpc) is 3.04. The van der Waals surface area contributed by atoms with Crippen LogP contribution in [0.25, 0.3) is 0 Å². The number of aryl methyl sites for hydroxylation is 1. The molecule has 0 spiro atoms. The van der Waals surface area contributed by atoms with Gasteiger partial charge in [0.25, 0.3) is 10.0 Å². The Hall–Kier alpha value is -4.14. The number of carbonyl (C=O) groups is 2. The van der Waals surface area contributed by atoms with Crippen LogP contribution in [0.2, 0.25) is 5.02 Å². The van der Waals surface area contributed by atoms with Crippen LogP contribution in [-0.2, 0) is 32.6 Å². The molecule has 0 aromatic heterocycles. The number of sulfonamides is 1. The van der Waals surface area contributed by atoms with Gasteiger partial charge in [-0.3, -0.25) is 13.9 Å². The molecule has 0 bridgehead atoms. The SMILES string of the molecule is CCCCNC(=O)C(Cc1ccccc1)N(Cc1ccc(C)cc1)C(=O)CN(c1cccc(Cl)c1C)S(=O)(=O)c1ccccc1. The number of halogens is 1. The van der Waals surface area contributed by atoms with Crippen LogP contribution in [-0.4, -0.2) is 44.3 Å². The molecule has 0 aliphatic carbocycles. The van der Waals surface area contributed by atoms with Gasteiger partial charge in [0.05, 0.1) is 10.6 Å². The topological polar surface area (TPSA) is 86.8 Å². The third-order valence-electron chi connectivity index (χ3n) is 7.69. The van der Waals surface area contributed by atoms with Gasteiger partial charge in [-0.25, -0.2) is 8.42 Å². The Morgan fingerprint density at radius 3 is 2.11 bits per heavy atom. The van der Waals surface area contributed by atoms with Gasteiger partial charge in [0, 0.05) is 24.5 Å². The molecule has 45 heavy (non-hydrogen) atoms. The van der Waals surface area contributed by atoms with Gasteiger partial charge in [-0.15, -0.1) is 0 Å². The predicted octanol–water partition coefficient (Wildman–Crippen LogP) is 6.71. The fourth-order valence-electron chi connectivity index (χ4n) is 5.05. The van der Waals surface area contributed by atoms with Crippen molar-refractivity contribution in [2.24, 2.45) is 0 Å². The van der Waals surface area contributed by atoms with E-state index >= 15 is 0 Å². The molecule has 1 unspecified atom stereocenters. The highest BCUT2D eigenvalue weighted by Crippen LogP contribution is 2.31. The Morgan fingerprint density at radius 1 is 0.822 bits per heavy atom. The zero-order valence-electron chi connectivity index (χ0n) is 25.9. The molecular weight excluding hydrogens is 606 g/mol. The van der Waals surface area contributed by atoms with Crippen molar-refractivity contribution >= 4 is 39.1 Å². The quantitative estimate of drug-likeness (QED) is 0.155. The molecule has 0 fully saturated rings. The standard InChI is InChI=1S/C36H40ClN3O4S/c1-4-5-23-38-36(42)34(24-29-13-8-6-9-14-29)39(25-30-21-19-27(2)20-22-30)35(41)26-40(33-18-12-17-32(37)28(33)3)45(43,44)31-15-10-7-11-16-31/h6-22,34H,4-5,23-26H2,1-3H3,(H,38,42). The minimum absolute atomic E-state index is 0.0420. The summed E-state index contributed by atoms with van der Waals surface area (Å²) in [6, 6.07) is 29.3. The summed E-state index contributed by atoms with van der Waals surface area (Å²) in [5.74, 6) is -0.801. The van der Waals surface area contributed by atoms with Crippen LogP contribution >= 0.6 is 11.6 Å². The first-order valence-electron chi connectivity index (χ1n) is 15.1. The summed E-state index contributed by atoms with van der Waals surface area (Å²) in [5.41, 5.74) is 3.59. The molecule has 0 saturated carbocycles. The van der Waals surface area contributed by atoms with Gasteiger partial charge < -0.3 is 10.2 Å². The molecule has 2 amide bonds.